The smallest absolute Gasteiger partial charge is 0.387 e. The highest BCUT2D eigenvalue weighted by Crippen LogP contribution is 2.41. The summed E-state index contributed by atoms with van der Waals surface area (Å²) in [6.07, 6.45) is 2.12. The van der Waals surface area contributed by atoms with Gasteiger partial charge in [0, 0.05) is 30.7 Å². The Bertz CT molecular complexity index is 1030. The van der Waals surface area contributed by atoms with Gasteiger partial charge in [0.25, 0.3) is 0 Å². The van der Waals surface area contributed by atoms with Gasteiger partial charge < -0.3 is 14.2 Å². The van der Waals surface area contributed by atoms with Crippen molar-refractivity contribution in [3.63, 3.8) is 0 Å². The molecule has 6 nitrogen and oxygen atoms in total. The van der Waals surface area contributed by atoms with Crippen LogP contribution in [0.3, 0.4) is 0 Å². The summed E-state index contributed by atoms with van der Waals surface area (Å²) in [5.74, 6) is -0.388. The third-order valence-corrected chi connectivity index (χ3v) is 7.29. The van der Waals surface area contributed by atoms with Gasteiger partial charge in [-0.1, -0.05) is 32.9 Å². The number of hydrogen-bond donors (Lipinski definition) is 0. The van der Waals surface area contributed by atoms with E-state index < -0.39 is 23.9 Å². The molecule has 10 heteroatoms. The van der Waals surface area contributed by atoms with Gasteiger partial charge in [0.1, 0.15) is 16.4 Å². The van der Waals surface area contributed by atoms with E-state index in [1.54, 1.807) is 24.4 Å². The summed E-state index contributed by atoms with van der Waals surface area (Å²) in [6.45, 7) is 7.36. The van der Waals surface area contributed by atoms with Gasteiger partial charge in [-0.2, -0.15) is 8.78 Å². The number of rotatable bonds is 9. The Balaban J connectivity index is 1.88. The molecule has 0 saturated carbocycles. The number of piperidine rings is 1. The van der Waals surface area contributed by atoms with Crippen molar-refractivity contribution in [3.05, 3.63) is 35.3 Å². The minimum absolute atomic E-state index is 0.0612. The quantitative estimate of drug-likeness (QED) is 0.375. The topological polar surface area (TPSA) is 60.9 Å². The van der Waals surface area contributed by atoms with E-state index in [-0.39, 0.29) is 30.2 Å². The molecule has 0 aliphatic carbocycles. The molecule has 0 unspecified atom stereocenters. The van der Waals surface area contributed by atoms with Crippen molar-refractivity contribution in [1.29, 1.82) is 0 Å². The van der Waals surface area contributed by atoms with Crippen LogP contribution in [-0.4, -0.2) is 60.5 Å². The van der Waals surface area contributed by atoms with Crippen molar-refractivity contribution in [3.8, 4) is 16.3 Å². The van der Waals surface area contributed by atoms with Crippen molar-refractivity contribution >= 4 is 17.3 Å². The number of para-hydroxylation sites is 1. The Morgan fingerprint density at radius 2 is 1.94 bits per heavy atom. The first-order valence-electron chi connectivity index (χ1n) is 11.8. The second-order valence-electron chi connectivity index (χ2n) is 10.9. The Labute approximate surface area is 214 Å². The molecule has 0 amide bonds. The summed E-state index contributed by atoms with van der Waals surface area (Å²) >= 11 is 1.37. The molecule has 3 rings (SSSR count). The number of nitrogens with zero attached hydrogens (tertiary/aromatic N) is 2. The molecular formula is C26H35F3N2O4S. The normalized spacial score (nSPS) is 21.6. The molecule has 0 spiro atoms. The summed E-state index contributed by atoms with van der Waals surface area (Å²) in [7, 11) is 1.31. The van der Waals surface area contributed by atoms with E-state index in [0.717, 1.165) is 4.88 Å². The maximum Gasteiger partial charge on any atom is 0.387 e. The van der Waals surface area contributed by atoms with Crippen LogP contribution < -0.4 is 4.74 Å². The number of methoxy groups -OCH3 is 1. The number of hydrogen-bond acceptors (Lipinski definition) is 7. The molecule has 1 aromatic carbocycles. The van der Waals surface area contributed by atoms with Crippen molar-refractivity contribution < 1.29 is 32.2 Å². The van der Waals surface area contributed by atoms with Crippen LogP contribution >= 0.6 is 11.3 Å². The summed E-state index contributed by atoms with van der Waals surface area (Å²) in [6, 6.07) is 6.53. The molecule has 1 fully saturated rings. The number of alkyl halides is 3. The molecule has 2 aromatic rings. The predicted octanol–water partition coefficient (Wildman–Crippen LogP) is 5.96. The average molecular weight is 529 g/mol. The zero-order valence-electron chi connectivity index (χ0n) is 21.6. The number of aromatic nitrogens is 1. The number of esters is 1. The van der Waals surface area contributed by atoms with Crippen LogP contribution in [0.5, 0.6) is 5.75 Å². The second kappa shape index (κ2) is 11.1. The zero-order valence-corrected chi connectivity index (χ0v) is 22.5. The van der Waals surface area contributed by atoms with Crippen molar-refractivity contribution in [2.24, 2.45) is 11.3 Å². The molecule has 0 radical (unpaired) electrons. The fraction of sp³-hybridized carbons (Fsp3) is 0.615. The van der Waals surface area contributed by atoms with Gasteiger partial charge in [-0.3, -0.25) is 4.90 Å². The first kappa shape index (κ1) is 28.4. The average Bonchev–Trinajstić information content (AvgIpc) is 3.24. The highest BCUT2D eigenvalue weighted by Gasteiger charge is 2.50. The van der Waals surface area contributed by atoms with Crippen LogP contribution in [-0.2, 0) is 20.8 Å². The lowest BCUT2D eigenvalue weighted by Crippen LogP contribution is -2.60. The lowest BCUT2D eigenvalue weighted by atomic mass is 9.71. The van der Waals surface area contributed by atoms with Crippen LogP contribution in [0.25, 0.3) is 10.6 Å². The molecule has 200 valence electrons. The Morgan fingerprint density at radius 1 is 1.25 bits per heavy atom. The highest BCUT2D eigenvalue weighted by atomic mass is 32.1. The number of ether oxygens (including phenoxy) is 3. The van der Waals surface area contributed by atoms with Crippen LogP contribution in [0, 0.1) is 11.3 Å². The zero-order chi connectivity index (χ0) is 26.7. The minimum Gasteiger partial charge on any atom is -0.467 e. The van der Waals surface area contributed by atoms with Gasteiger partial charge in [-0.15, -0.1) is 11.3 Å². The standard InChI is InChI=1S/C26H35F3N2O4S/c1-24(2,3)17-11-26(22(32)33-6,34-16-25(4,5)29)15-31(13-17)14-18-12-30-21(36-18)19-9-7-8-10-20(19)35-23(27)28/h7-10,12,17,23H,11,13-16H2,1-6H3/t17-,26+/m1/s1. The fourth-order valence-corrected chi connectivity index (χ4v) is 5.32. The number of halogens is 3. The predicted molar refractivity (Wildman–Crippen MR) is 133 cm³/mol. The number of benzene rings is 1. The van der Waals surface area contributed by atoms with Crippen LogP contribution in [0.2, 0.25) is 0 Å². The maximum atomic E-state index is 14.4. The SMILES string of the molecule is COC(=O)[C@]1(OCC(C)(C)F)C[C@@H](C(C)(C)C)CN(Cc2cnc(-c3ccccc3OC(F)F)s2)C1. The van der Waals surface area contributed by atoms with Gasteiger partial charge in [-0.25, -0.2) is 14.2 Å². The van der Waals surface area contributed by atoms with Crippen molar-refractivity contribution in [2.45, 2.75) is 65.5 Å². The molecule has 2 atom stereocenters. The van der Waals surface area contributed by atoms with E-state index in [9.17, 15) is 18.0 Å². The molecule has 1 saturated heterocycles. The van der Waals surface area contributed by atoms with Gasteiger partial charge >= 0.3 is 12.6 Å². The maximum absolute atomic E-state index is 14.4. The minimum atomic E-state index is -2.94. The Hall–Kier alpha value is -2.17. The second-order valence-corrected chi connectivity index (χ2v) is 12.1. The highest BCUT2D eigenvalue weighted by molar-refractivity contribution is 7.15. The first-order chi connectivity index (χ1) is 16.7. The fourth-order valence-electron chi connectivity index (χ4n) is 4.34. The Kier molecular flexibility index (Phi) is 8.73. The van der Waals surface area contributed by atoms with Crippen molar-refractivity contribution in [1.82, 2.24) is 9.88 Å². The molecule has 2 heterocycles. The molecular weight excluding hydrogens is 493 g/mol. The lowest BCUT2D eigenvalue weighted by molar-refractivity contribution is -0.190. The number of likely N-dealkylation sites (tertiary alicyclic amines) is 1. The summed E-state index contributed by atoms with van der Waals surface area (Å²) in [5, 5.41) is 0.556. The molecule has 1 aliphatic heterocycles. The lowest BCUT2D eigenvalue weighted by Gasteiger charge is -2.48. The van der Waals surface area contributed by atoms with E-state index in [1.807, 2.05) is 0 Å². The third kappa shape index (κ3) is 7.20. The van der Waals surface area contributed by atoms with Crippen LogP contribution in [0.4, 0.5) is 13.2 Å². The van der Waals surface area contributed by atoms with Crippen LogP contribution in [0.1, 0.15) is 45.9 Å². The van der Waals surface area contributed by atoms with E-state index in [2.05, 4.69) is 35.4 Å². The van der Waals surface area contributed by atoms with E-state index >= 15 is 0 Å². The molecule has 1 aliphatic rings. The first-order valence-corrected chi connectivity index (χ1v) is 12.7. The van der Waals surface area contributed by atoms with E-state index in [4.69, 9.17) is 9.47 Å². The van der Waals surface area contributed by atoms with Gasteiger partial charge in [0.2, 0.25) is 0 Å². The van der Waals surface area contributed by atoms with E-state index in [1.165, 1.54) is 38.4 Å². The number of thiazole rings is 1. The molecule has 0 bridgehead atoms. The molecule has 0 N–H and O–H groups in total. The van der Waals surface area contributed by atoms with Crippen LogP contribution in [0.15, 0.2) is 30.5 Å². The Morgan fingerprint density at radius 3 is 2.56 bits per heavy atom. The van der Waals surface area contributed by atoms with Gasteiger partial charge in [0.05, 0.1) is 19.3 Å². The molecule has 1 aromatic heterocycles. The largest absolute Gasteiger partial charge is 0.467 e. The number of carbonyl (C=O) groups excluding carboxylic acids is 1. The van der Waals surface area contributed by atoms with Gasteiger partial charge in [-0.05, 0) is 43.7 Å². The monoisotopic (exact) mass is 528 g/mol. The molecule has 36 heavy (non-hydrogen) atoms. The summed E-state index contributed by atoms with van der Waals surface area (Å²) in [5.41, 5.74) is -2.57. The summed E-state index contributed by atoms with van der Waals surface area (Å²) < 4.78 is 55.9. The van der Waals surface area contributed by atoms with E-state index in [0.29, 0.717) is 30.1 Å². The van der Waals surface area contributed by atoms with Crippen molar-refractivity contribution in [2.75, 3.05) is 26.8 Å². The summed E-state index contributed by atoms with van der Waals surface area (Å²) in [4.78, 5) is 20.4. The number of carbonyl (C=O) groups is 1. The third-order valence-electron chi connectivity index (χ3n) is 6.27. The van der Waals surface area contributed by atoms with Gasteiger partial charge in [0.15, 0.2) is 5.60 Å².